The Bertz CT molecular complexity index is 617. The molecule has 1 N–H and O–H groups in total. The molecule has 3 nitrogen and oxygen atoms in total. The third-order valence-electron chi connectivity index (χ3n) is 3.16. The van der Waals surface area contributed by atoms with Gasteiger partial charge in [-0.1, -0.05) is 31.3 Å². The zero-order valence-corrected chi connectivity index (χ0v) is 12.3. The lowest BCUT2D eigenvalue weighted by atomic mass is 10.1. The summed E-state index contributed by atoms with van der Waals surface area (Å²) in [4.78, 5) is 7.81. The fraction of sp³-hybridized carbons (Fsp3) is 0.333. The largest absolute Gasteiger partial charge is 0.497 e. The van der Waals surface area contributed by atoms with Crippen molar-refractivity contribution in [2.45, 2.75) is 26.7 Å². The summed E-state index contributed by atoms with van der Waals surface area (Å²) >= 11 is 5.33. The summed E-state index contributed by atoms with van der Waals surface area (Å²) in [5, 5.41) is 0. The molecular weight excluding hydrogens is 256 g/mol. The fourth-order valence-corrected chi connectivity index (χ4v) is 2.51. The zero-order chi connectivity index (χ0) is 13.8. The molecule has 0 aliphatic carbocycles. The van der Waals surface area contributed by atoms with E-state index in [1.54, 1.807) is 7.11 Å². The van der Waals surface area contributed by atoms with Gasteiger partial charge in [0.1, 0.15) is 16.2 Å². The quantitative estimate of drug-likeness (QED) is 0.865. The minimum absolute atomic E-state index is 0.710. The van der Waals surface area contributed by atoms with Gasteiger partial charge in [-0.15, -0.1) is 0 Å². The molecule has 0 fully saturated rings. The Morgan fingerprint density at radius 2 is 1.95 bits per heavy atom. The van der Waals surface area contributed by atoms with Crippen LogP contribution < -0.4 is 4.74 Å². The lowest BCUT2D eigenvalue weighted by Crippen LogP contribution is -2.03. The molecule has 0 radical (unpaired) electrons. The molecule has 0 amide bonds. The Morgan fingerprint density at radius 1 is 1.26 bits per heavy atom. The van der Waals surface area contributed by atoms with Crippen LogP contribution in [0.3, 0.4) is 0 Å². The van der Waals surface area contributed by atoms with Crippen LogP contribution in [-0.2, 0) is 12.8 Å². The number of hydrogen-bond acceptors (Lipinski definition) is 3. The third-order valence-corrected chi connectivity index (χ3v) is 3.50. The van der Waals surface area contributed by atoms with Crippen LogP contribution in [0.2, 0.25) is 0 Å². The smallest absolute Gasteiger partial charge is 0.133 e. The van der Waals surface area contributed by atoms with Gasteiger partial charge in [0.2, 0.25) is 0 Å². The van der Waals surface area contributed by atoms with E-state index in [1.807, 2.05) is 31.2 Å². The molecule has 0 bridgehead atoms. The summed E-state index contributed by atoms with van der Waals surface area (Å²) in [6.45, 7) is 4.14. The van der Waals surface area contributed by atoms with E-state index in [4.69, 9.17) is 17.0 Å². The second-order valence-corrected chi connectivity index (χ2v) is 4.86. The standard InChI is InChI=1S/C15H18N2OS/c1-4-13-10(2)16-14(17-15(13)19)9-11-5-7-12(18-3)8-6-11/h5-8H,4,9H2,1-3H3,(H,16,17,19). The Labute approximate surface area is 118 Å². The van der Waals surface area contributed by atoms with Gasteiger partial charge in [-0.2, -0.15) is 0 Å². The molecule has 0 aliphatic heterocycles. The first-order valence-corrected chi connectivity index (χ1v) is 6.76. The highest BCUT2D eigenvalue weighted by atomic mass is 32.1. The van der Waals surface area contributed by atoms with Crippen LogP contribution >= 0.6 is 12.2 Å². The Hall–Kier alpha value is -1.68. The first-order valence-electron chi connectivity index (χ1n) is 6.35. The molecule has 0 saturated heterocycles. The molecule has 0 aliphatic rings. The van der Waals surface area contributed by atoms with Crippen molar-refractivity contribution in [1.82, 2.24) is 9.97 Å². The molecule has 2 aromatic rings. The molecule has 100 valence electrons. The first-order chi connectivity index (χ1) is 9.13. The molecule has 1 heterocycles. The second-order valence-electron chi connectivity index (χ2n) is 4.47. The van der Waals surface area contributed by atoms with Gasteiger partial charge in [0.25, 0.3) is 0 Å². The number of hydrogen-bond donors (Lipinski definition) is 1. The number of methoxy groups -OCH3 is 1. The molecule has 0 spiro atoms. The highest BCUT2D eigenvalue weighted by Gasteiger charge is 2.04. The number of ether oxygens (including phenoxy) is 1. The number of nitrogens with zero attached hydrogens (tertiary/aromatic N) is 1. The summed E-state index contributed by atoms with van der Waals surface area (Å²) in [6, 6.07) is 8.00. The van der Waals surface area contributed by atoms with Crippen molar-refractivity contribution in [3.05, 3.63) is 51.6 Å². The van der Waals surface area contributed by atoms with Crippen molar-refractivity contribution < 1.29 is 4.74 Å². The average Bonchev–Trinajstić information content (AvgIpc) is 2.39. The van der Waals surface area contributed by atoms with Crippen LogP contribution in [-0.4, -0.2) is 17.1 Å². The van der Waals surface area contributed by atoms with Gasteiger partial charge in [0.15, 0.2) is 0 Å². The van der Waals surface area contributed by atoms with Crippen LogP contribution in [0.15, 0.2) is 24.3 Å². The minimum Gasteiger partial charge on any atom is -0.497 e. The van der Waals surface area contributed by atoms with E-state index in [2.05, 4.69) is 16.9 Å². The number of H-pyrrole nitrogens is 1. The molecule has 19 heavy (non-hydrogen) atoms. The lowest BCUT2D eigenvalue weighted by Gasteiger charge is -2.08. The summed E-state index contributed by atoms with van der Waals surface area (Å²) in [5.41, 5.74) is 3.43. The fourth-order valence-electron chi connectivity index (χ4n) is 2.11. The van der Waals surface area contributed by atoms with E-state index in [-0.39, 0.29) is 0 Å². The predicted octanol–water partition coefficient (Wildman–Crippen LogP) is 3.61. The number of rotatable bonds is 4. The molecule has 1 aromatic heterocycles. The van der Waals surface area contributed by atoms with Crippen LogP contribution in [0, 0.1) is 11.6 Å². The van der Waals surface area contributed by atoms with Gasteiger partial charge >= 0.3 is 0 Å². The summed E-state index contributed by atoms with van der Waals surface area (Å²) < 4.78 is 5.86. The lowest BCUT2D eigenvalue weighted by molar-refractivity contribution is 0.414. The highest BCUT2D eigenvalue weighted by Crippen LogP contribution is 2.14. The molecule has 1 aromatic carbocycles. The molecule has 0 unspecified atom stereocenters. The Kier molecular flexibility index (Phi) is 4.32. The summed E-state index contributed by atoms with van der Waals surface area (Å²) in [7, 11) is 1.67. The van der Waals surface area contributed by atoms with Crippen molar-refractivity contribution in [2.75, 3.05) is 7.11 Å². The number of benzene rings is 1. The van der Waals surface area contributed by atoms with E-state index < -0.39 is 0 Å². The SMILES string of the molecule is CCc1c(C)[nH]c(Cc2ccc(OC)cc2)nc1=S. The Balaban J connectivity index is 2.25. The zero-order valence-electron chi connectivity index (χ0n) is 11.5. The van der Waals surface area contributed by atoms with Crippen molar-refractivity contribution in [1.29, 1.82) is 0 Å². The van der Waals surface area contributed by atoms with Crippen LogP contribution in [0.1, 0.15) is 29.6 Å². The van der Waals surface area contributed by atoms with E-state index in [0.29, 0.717) is 4.64 Å². The summed E-state index contributed by atoms with van der Waals surface area (Å²) in [6.07, 6.45) is 1.66. The number of nitrogens with one attached hydrogen (secondary N) is 1. The van der Waals surface area contributed by atoms with E-state index >= 15 is 0 Å². The second kappa shape index (κ2) is 5.97. The minimum atomic E-state index is 0.710. The molecule has 0 atom stereocenters. The van der Waals surface area contributed by atoms with E-state index in [0.717, 1.165) is 35.7 Å². The third kappa shape index (κ3) is 3.20. The molecular formula is C15H18N2OS. The maximum atomic E-state index is 5.33. The van der Waals surface area contributed by atoms with E-state index in [9.17, 15) is 0 Å². The highest BCUT2D eigenvalue weighted by molar-refractivity contribution is 7.71. The summed E-state index contributed by atoms with van der Waals surface area (Å²) in [5.74, 6) is 1.77. The number of aromatic amines is 1. The molecule has 0 saturated carbocycles. The van der Waals surface area contributed by atoms with Crippen molar-refractivity contribution >= 4 is 12.2 Å². The first kappa shape index (κ1) is 13.7. The van der Waals surface area contributed by atoms with E-state index in [1.165, 1.54) is 5.56 Å². The Morgan fingerprint density at radius 3 is 2.47 bits per heavy atom. The maximum absolute atomic E-state index is 5.33. The molecule has 2 rings (SSSR count). The van der Waals surface area contributed by atoms with Gasteiger partial charge in [0, 0.05) is 17.7 Å². The average molecular weight is 274 g/mol. The maximum Gasteiger partial charge on any atom is 0.133 e. The number of aryl methyl sites for hydroxylation is 1. The predicted molar refractivity (Wildman–Crippen MR) is 79.3 cm³/mol. The normalized spacial score (nSPS) is 10.5. The van der Waals surface area contributed by atoms with Crippen molar-refractivity contribution in [3.8, 4) is 5.75 Å². The monoisotopic (exact) mass is 274 g/mol. The van der Waals surface area contributed by atoms with Gasteiger partial charge in [-0.25, -0.2) is 4.98 Å². The van der Waals surface area contributed by atoms with Crippen LogP contribution in [0.5, 0.6) is 5.75 Å². The van der Waals surface area contributed by atoms with Crippen LogP contribution in [0.4, 0.5) is 0 Å². The number of aromatic nitrogens is 2. The molecule has 4 heteroatoms. The van der Waals surface area contributed by atoms with Crippen LogP contribution in [0.25, 0.3) is 0 Å². The van der Waals surface area contributed by atoms with Gasteiger partial charge < -0.3 is 9.72 Å². The van der Waals surface area contributed by atoms with Crippen molar-refractivity contribution in [2.24, 2.45) is 0 Å². The topological polar surface area (TPSA) is 37.9 Å². The van der Waals surface area contributed by atoms with Crippen molar-refractivity contribution in [3.63, 3.8) is 0 Å². The van der Waals surface area contributed by atoms with Gasteiger partial charge in [-0.05, 0) is 31.0 Å². The van der Waals surface area contributed by atoms with Gasteiger partial charge in [0.05, 0.1) is 7.11 Å². The van der Waals surface area contributed by atoms with Gasteiger partial charge in [-0.3, -0.25) is 0 Å².